The maximum absolute atomic E-state index is 11.6. The smallest absolute Gasteiger partial charge is 0.246 e. The van der Waals surface area contributed by atoms with Crippen LogP contribution in [0.4, 0.5) is 5.69 Å². The minimum absolute atomic E-state index is 0.422. The summed E-state index contributed by atoms with van der Waals surface area (Å²) >= 11 is 0. The van der Waals surface area contributed by atoms with E-state index in [0.717, 1.165) is 17.9 Å². The number of carbonyl (C=O) groups is 1. The number of aromatic nitrogens is 2. The maximum Gasteiger partial charge on any atom is 0.246 e. The lowest BCUT2D eigenvalue weighted by atomic mass is 10.2. The van der Waals surface area contributed by atoms with Gasteiger partial charge in [0.2, 0.25) is 5.91 Å². The Hall–Kier alpha value is -2.30. The van der Waals surface area contributed by atoms with Crippen molar-refractivity contribution in [3.63, 3.8) is 0 Å². The van der Waals surface area contributed by atoms with E-state index in [2.05, 4.69) is 10.3 Å². The first-order valence-corrected chi connectivity index (χ1v) is 5.83. The lowest BCUT2D eigenvalue weighted by Gasteiger charge is -2.17. The molecule has 0 bridgehead atoms. The van der Waals surface area contributed by atoms with Crippen molar-refractivity contribution in [1.29, 1.82) is 0 Å². The first-order valence-electron chi connectivity index (χ1n) is 5.83. The Morgan fingerprint density at radius 1 is 1.44 bits per heavy atom. The van der Waals surface area contributed by atoms with Crippen molar-refractivity contribution in [2.24, 2.45) is 5.73 Å². The van der Waals surface area contributed by atoms with Crippen molar-refractivity contribution in [2.45, 2.75) is 19.5 Å². The van der Waals surface area contributed by atoms with Gasteiger partial charge in [0.05, 0.1) is 18.2 Å². The van der Waals surface area contributed by atoms with E-state index in [1.807, 2.05) is 41.8 Å². The third kappa shape index (κ3) is 2.51. The number of primary amides is 1. The molecule has 2 rings (SSSR count). The predicted molar refractivity (Wildman–Crippen MR) is 69.9 cm³/mol. The molecular formula is C13H16N4O. The van der Waals surface area contributed by atoms with Crippen LogP contribution in [-0.4, -0.2) is 15.5 Å². The number of nitrogens with two attached hydrogens (primary N) is 1. The number of benzene rings is 1. The molecule has 1 heterocycles. The predicted octanol–water partition coefficient (Wildman–Crippen LogP) is 1.54. The molecule has 5 heteroatoms. The molecule has 0 aliphatic heterocycles. The van der Waals surface area contributed by atoms with Gasteiger partial charge in [0.25, 0.3) is 0 Å². The highest BCUT2D eigenvalue weighted by atomic mass is 16.1. The number of amides is 1. The SMILES string of the molecule is CCn1cncc1C(Nc1ccccc1)C(N)=O. The van der Waals surface area contributed by atoms with Crippen LogP contribution in [-0.2, 0) is 11.3 Å². The first-order chi connectivity index (χ1) is 8.72. The van der Waals surface area contributed by atoms with Crippen LogP contribution >= 0.6 is 0 Å². The fraction of sp³-hybridized carbons (Fsp3) is 0.231. The van der Waals surface area contributed by atoms with Crippen molar-refractivity contribution in [3.8, 4) is 0 Å². The summed E-state index contributed by atoms with van der Waals surface area (Å²) in [6.07, 6.45) is 3.35. The summed E-state index contributed by atoms with van der Waals surface area (Å²) in [5.41, 5.74) is 7.08. The molecule has 1 aromatic heterocycles. The molecule has 2 aromatic rings. The van der Waals surface area contributed by atoms with Crippen LogP contribution in [0.15, 0.2) is 42.9 Å². The van der Waals surface area contributed by atoms with E-state index >= 15 is 0 Å². The minimum atomic E-state index is -0.574. The van der Waals surface area contributed by atoms with E-state index in [0.29, 0.717) is 0 Å². The van der Waals surface area contributed by atoms with Crippen molar-refractivity contribution in [2.75, 3.05) is 5.32 Å². The van der Waals surface area contributed by atoms with Gasteiger partial charge in [0, 0.05) is 12.2 Å². The number of para-hydroxylation sites is 1. The van der Waals surface area contributed by atoms with Gasteiger partial charge >= 0.3 is 0 Å². The van der Waals surface area contributed by atoms with Crippen molar-refractivity contribution >= 4 is 11.6 Å². The molecule has 0 fully saturated rings. The molecular weight excluding hydrogens is 228 g/mol. The third-order valence-electron chi connectivity index (χ3n) is 2.75. The van der Waals surface area contributed by atoms with Gasteiger partial charge in [-0.05, 0) is 19.1 Å². The van der Waals surface area contributed by atoms with Crippen molar-refractivity contribution in [1.82, 2.24) is 9.55 Å². The molecule has 3 N–H and O–H groups in total. The van der Waals surface area contributed by atoms with Crippen LogP contribution in [0.2, 0.25) is 0 Å². The Bertz CT molecular complexity index is 521. The van der Waals surface area contributed by atoms with Crippen LogP contribution in [0, 0.1) is 0 Å². The van der Waals surface area contributed by atoms with Gasteiger partial charge < -0.3 is 15.6 Å². The molecule has 18 heavy (non-hydrogen) atoms. The largest absolute Gasteiger partial charge is 0.369 e. The number of anilines is 1. The Balaban J connectivity index is 2.27. The van der Waals surface area contributed by atoms with E-state index in [9.17, 15) is 4.79 Å². The topological polar surface area (TPSA) is 72.9 Å². The monoisotopic (exact) mass is 244 g/mol. The second kappa shape index (κ2) is 5.35. The van der Waals surface area contributed by atoms with E-state index < -0.39 is 11.9 Å². The molecule has 0 spiro atoms. The second-order valence-corrected chi connectivity index (χ2v) is 3.95. The van der Waals surface area contributed by atoms with E-state index in [1.165, 1.54) is 0 Å². The summed E-state index contributed by atoms with van der Waals surface area (Å²) < 4.78 is 1.89. The molecule has 5 nitrogen and oxygen atoms in total. The number of carbonyl (C=O) groups excluding carboxylic acids is 1. The van der Waals surface area contributed by atoms with Gasteiger partial charge in [-0.2, -0.15) is 0 Å². The zero-order valence-corrected chi connectivity index (χ0v) is 10.2. The van der Waals surface area contributed by atoms with Gasteiger partial charge in [-0.1, -0.05) is 18.2 Å². The van der Waals surface area contributed by atoms with Crippen LogP contribution < -0.4 is 11.1 Å². The fourth-order valence-corrected chi connectivity index (χ4v) is 1.83. The number of rotatable bonds is 5. The summed E-state index contributed by atoms with van der Waals surface area (Å²) in [4.78, 5) is 15.6. The van der Waals surface area contributed by atoms with Gasteiger partial charge in [-0.15, -0.1) is 0 Å². The highest BCUT2D eigenvalue weighted by Gasteiger charge is 2.21. The van der Waals surface area contributed by atoms with E-state index in [1.54, 1.807) is 12.5 Å². The maximum atomic E-state index is 11.6. The summed E-state index contributed by atoms with van der Waals surface area (Å²) in [5.74, 6) is -0.422. The molecule has 0 saturated carbocycles. The highest BCUT2D eigenvalue weighted by Crippen LogP contribution is 2.19. The molecule has 0 aliphatic rings. The molecule has 1 amide bonds. The quantitative estimate of drug-likeness (QED) is 0.838. The standard InChI is InChI=1S/C13H16N4O/c1-2-17-9-15-8-11(17)12(13(14)18)16-10-6-4-3-5-7-10/h3-9,12,16H,2H2,1H3,(H2,14,18). The lowest BCUT2D eigenvalue weighted by Crippen LogP contribution is -2.29. The molecule has 1 atom stereocenters. The average molecular weight is 244 g/mol. The Labute approximate surface area is 106 Å². The number of aryl methyl sites for hydroxylation is 1. The molecule has 94 valence electrons. The summed E-state index contributed by atoms with van der Waals surface area (Å²) in [7, 11) is 0. The molecule has 0 radical (unpaired) electrons. The van der Waals surface area contributed by atoms with E-state index in [-0.39, 0.29) is 0 Å². The summed E-state index contributed by atoms with van der Waals surface area (Å²) in [6, 6.07) is 8.93. The summed E-state index contributed by atoms with van der Waals surface area (Å²) in [6.45, 7) is 2.74. The Morgan fingerprint density at radius 3 is 2.78 bits per heavy atom. The van der Waals surface area contributed by atoms with Crippen molar-refractivity contribution in [3.05, 3.63) is 48.5 Å². The van der Waals surface area contributed by atoms with Crippen LogP contribution in [0.3, 0.4) is 0 Å². The van der Waals surface area contributed by atoms with Crippen LogP contribution in [0.25, 0.3) is 0 Å². The number of hydrogen-bond donors (Lipinski definition) is 2. The number of hydrogen-bond acceptors (Lipinski definition) is 3. The van der Waals surface area contributed by atoms with Gasteiger partial charge in [0.1, 0.15) is 6.04 Å². The normalized spacial score (nSPS) is 12.1. The first kappa shape index (κ1) is 12.2. The highest BCUT2D eigenvalue weighted by molar-refractivity contribution is 5.84. The fourth-order valence-electron chi connectivity index (χ4n) is 1.83. The molecule has 0 saturated heterocycles. The van der Waals surface area contributed by atoms with E-state index in [4.69, 9.17) is 5.73 Å². The Kier molecular flexibility index (Phi) is 3.62. The van der Waals surface area contributed by atoms with Gasteiger partial charge in [-0.25, -0.2) is 4.98 Å². The number of nitrogens with one attached hydrogen (secondary N) is 1. The molecule has 1 unspecified atom stereocenters. The zero-order chi connectivity index (χ0) is 13.0. The molecule has 1 aromatic carbocycles. The van der Waals surface area contributed by atoms with Gasteiger partial charge in [0.15, 0.2) is 0 Å². The third-order valence-corrected chi connectivity index (χ3v) is 2.75. The number of imidazole rings is 1. The van der Waals surface area contributed by atoms with Gasteiger partial charge in [-0.3, -0.25) is 4.79 Å². The zero-order valence-electron chi connectivity index (χ0n) is 10.2. The molecule has 0 aliphatic carbocycles. The number of nitrogens with zero attached hydrogens (tertiary/aromatic N) is 2. The summed E-state index contributed by atoms with van der Waals surface area (Å²) in [5, 5.41) is 3.12. The lowest BCUT2D eigenvalue weighted by molar-refractivity contribution is -0.119. The average Bonchev–Trinajstić information content (AvgIpc) is 2.84. The minimum Gasteiger partial charge on any atom is -0.369 e. The van der Waals surface area contributed by atoms with Crippen LogP contribution in [0.1, 0.15) is 18.7 Å². The second-order valence-electron chi connectivity index (χ2n) is 3.95. The van der Waals surface area contributed by atoms with Crippen LogP contribution in [0.5, 0.6) is 0 Å². The Morgan fingerprint density at radius 2 is 2.17 bits per heavy atom. The van der Waals surface area contributed by atoms with Crippen molar-refractivity contribution < 1.29 is 4.79 Å².